The number of likely N-dealkylation sites (N-methyl/N-ethyl adjacent to an activating group) is 1. The van der Waals surface area contributed by atoms with Crippen molar-refractivity contribution in [2.24, 2.45) is 5.41 Å². The molecule has 2 bridgehead atoms. The van der Waals surface area contributed by atoms with E-state index in [1.165, 1.54) is 11.1 Å². The lowest BCUT2D eigenvalue weighted by Gasteiger charge is -2.62. The second-order valence-electron chi connectivity index (χ2n) is 9.77. The highest BCUT2D eigenvalue weighted by molar-refractivity contribution is 7.85. The molecule has 1 heterocycles. The van der Waals surface area contributed by atoms with Crippen molar-refractivity contribution in [3.05, 3.63) is 29.3 Å². The number of fused-ring (bicyclic) bond motifs is 4. The van der Waals surface area contributed by atoms with Crippen LogP contribution in [0.3, 0.4) is 0 Å². The summed E-state index contributed by atoms with van der Waals surface area (Å²) in [6.45, 7) is 8.01. The van der Waals surface area contributed by atoms with E-state index in [-0.39, 0.29) is 10.8 Å². The number of Topliss-reactive ketones (excluding diaryl/α,β-unsaturated/α-hetero) is 1. The average Bonchev–Trinajstić information content (AvgIpc) is 2.66. The molecule has 1 aliphatic heterocycles. The highest BCUT2D eigenvalue weighted by atomic mass is 32.2. The number of rotatable bonds is 7. The number of phenols is 1. The predicted octanol–water partition coefficient (Wildman–Crippen LogP) is 4.35. The van der Waals surface area contributed by atoms with Crippen LogP contribution < -0.4 is 0 Å². The zero-order valence-corrected chi connectivity index (χ0v) is 20.5. The van der Waals surface area contributed by atoms with Crippen molar-refractivity contribution in [1.29, 1.82) is 0 Å². The molecule has 1 aliphatic carbocycles. The third-order valence-corrected chi connectivity index (χ3v) is 7.58. The van der Waals surface area contributed by atoms with Crippen molar-refractivity contribution in [2.45, 2.75) is 83.6 Å². The highest BCUT2D eigenvalue weighted by Crippen LogP contribution is 2.58. The van der Waals surface area contributed by atoms with Crippen LogP contribution in [0.4, 0.5) is 0 Å². The van der Waals surface area contributed by atoms with Gasteiger partial charge in [-0.2, -0.15) is 8.42 Å². The van der Waals surface area contributed by atoms with E-state index in [1.807, 2.05) is 12.1 Å². The molecule has 0 radical (unpaired) electrons. The number of likely N-dealkylation sites (tertiary alicyclic amines) is 1. The number of aromatic hydroxyl groups is 1. The molecule has 31 heavy (non-hydrogen) atoms. The second kappa shape index (κ2) is 10.0. The average molecular weight is 454 g/mol. The topological polar surface area (TPSA) is 94.9 Å². The van der Waals surface area contributed by atoms with Gasteiger partial charge in [-0.3, -0.25) is 9.35 Å². The Labute approximate surface area is 187 Å². The van der Waals surface area contributed by atoms with E-state index in [4.69, 9.17) is 4.55 Å². The molecular weight excluding hydrogens is 414 g/mol. The molecule has 1 aromatic rings. The molecule has 1 saturated heterocycles. The molecule has 6 nitrogen and oxygen atoms in total. The molecule has 0 aromatic heterocycles. The molecule has 3 rings (SSSR count). The lowest BCUT2D eigenvalue weighted by Crippen LogP contribution is -2.64. The van der Waals surface area contributed by atoms with Crippen LogP contribution in [-0.2, 0) is 26.7 Å². The first-order valence-corrected chi connectivity index (χ1v) is 13.1. The summed E-state index contributed by atoms with van der Waals surface area (Å²) in [5.41, 5.74) is 2.75. The van der Waals surface area contributed by atoms with Gasteiger partial charge in [-0.15, -0.1) is 0 Å². The first-order chi connectivity index (χ1) is 14.3. The zero-order valence-electron chi connectivity index (χ0n) is 19.6. The Hall–Kier alpha value is -1.44. The summed E-state index contributed by atoms with van der Waals surface area (Å²) in [5.74, 6) is 0.783. The van der Waals surface area contributed by atoms with Gasteiger partial charge in [0.1, 0.15) is 11.5 Å². The first-order valence-electron chi connectivity index (χ1n) is 11.3. The van der Waals surface area contributed by atoms with Crippen molar-refractivity contribution >= 4 is 15.9 Å². The maximum atomic E-state index is 12.5. The smallest absolute Gasteiger partial charge is 0.261 e. The van der Waals surface area contributed by atoms with Gasteiger partial charge in [0.2, 0.25) is 0 Å². The standard InChI is InChI=1S/C23H35NO2.CH4O3S/c1-5-6-7-8-18(25)11-12-23(3)21-15-17-9-10-19(26)16-20(17)22(23,2)13-14-24(21)4;1-5(2,3)4/h9-10,16,21,26H,5-8,11-15H2,1-4H3;1H3,(H,2,3,4)/t21-,22+,23?;/m0./s1. The monoisotopic (exact) mass is 453 g/mol. The van der Waals surface area contributed by atoms with E-state index in [2.05, 4.69) is 38.8 Å². The van der Waals surface area contributed by atoms with Gasteiger partial charge in [0, 0.05) is 24.3 Å². The molecule has 0 spiro atoms. The van der Waals surface area contributed by atoms with Gasteiger partial charge in [-0.25, -0.2) is 0 Å². The van der Waals surface area contributed by atoms with Crippen molar-refractivity contribution in [3.8, 4) is 5.75 Å². The first kappa shape index (κ1) is 25.8. The third kappa shape index (κ3) is 6.08. The van der Waals surface area contributed by atoms with Gasteiger partial charge in [0.05, 0.1) is 6.26 Å². The van der Waals surface area contributed by atoms with Crippen LogP contribution in [0.1, 0.15) is 76.8 Å². The van der Waals surface area contributed by atoms with E-state index in [1.54, 1.807) is 0 Å². The van der Waals surface area contributed by atoms with Crippen LogP contribution in [0.5, 0.6) is 5.75 Å². The number of nitrogens with zero attached hydrogens (tertiary/aromatic N) is 1. The van der Waals surface area contributed by atoms with Gasteiger partial charge in [-0.1, -0.05) is 39.7 Å². The molecule has 176 valence electrons. The van der Waals surface area contributed by atoms with Gasteiger partial charge in [0.15, 0.2) is 0 Å². The Bertz CT molecular complexity index is 876. The van der Waals surface area contributed by atoms with Crippen LogP contribution >= 0.6 is 0 Å². The molecule has 2 aliphatic rings. The Morgan fingerprint density at radius 3 is 2.48 bits per heavy atom. The van der Waals surface area contributed by atoms with Crippen LogP contribution in [0.2, 0.25) is 0 Å². The Balaban J connectivity index is 0.000000614. The van der Waals surface area contributed by atoms with Gasteiger partial charge < -0.3 is 10.0 Å². The second-order valence-corrected chi connectivity index (χ2v) is 11.2. The van der Waals surface area contributed by atoms with Crippen LogP contribution in [0.25, 0.3) is 0 Å². The number of benzene rings is 1. The van der Waals surface area contributed by atoms with Crippen LogP contribution in [0.15, 0.2) is 18.2 Å². The van der Waals surface area contributed by atoms with Crippen molar-refractivity contribution < 1.29 is 22.9 Å². The zero-order chi connectivity index (χ0) is 23.4. The lowest BCUT2D eigenvalue weighted by molar-refractivity contribution is -0.121. The Morgan fingerprint density at radius 2 is 1.87 bits per heavy atom. The molecule has 7 heteroatoms. The molecule has 1 unspecified atom stereocenters. The fourth-order valence-corrected chi connectivity index (χ4v) is 5.52. The maximum absolute atomic E-state index is 12.5. The summed E-state index contributed by atoms with van der Waals surface area (Å²) in [6, 6.07) is 6.36. The molecule has 1 fully saturated rings. The molecule has 0 amide bonds. The maximum Gasteiger partial charge on any atom is 0.261 e. The number of hydrogen-bond donors (Lipinski definition) is 2. The van der Waals surface area contributed by atoms with E-state index in [9.17, 15) is 18.3 Å². The van der Waals surface area contributed by atoms with Crippen molar-refractivity contribution in [2.75, 3.05) is 19.8 Å². The molecule has 3 atom stereocenters. The number of piperidine rings is 1. The summed E-state index contributed by atoms with van der Waals surface area (Å²) in [4.78, 5) is 15.0. The summed E-state index contributed by atoms with van der Waals surface area (Å²) in [6.07, 6.45) is 8.52. The number of hydrogen-bond acceptors (Lipinski definition) is 5. The fourth-order valence-electron chi connectivity index (χ4n) is 5.52. The number of phenolic OH excluding ortho intramolecular Hbond substituents is 1. The largest absolute Gasteiger partial charge is 0.508 e. The third-order valence-electron chi connectivity index (χ3n) is 7.58. The Morgan fingerprint density at radius 1 is 1.23 bits per heavy atom. The Kier molecular flexibility index (Phi) is 8.33. The number of carbonyl (C=O) groups excluding carboxylic acids is 1. The van der Waals surface area contributed by atoms with Gasteiger partial charge in [0.25, 0.3) is 10.1 Å². The van der Waals surface area contributed by atoms with Gasteiger partial charge in [-0.05, 0) is 68.0 Å². The summed E-state index contributed by atoms with van der Waals surface area (Å²) in [5, 5.41) is 10.1. The van der Waals surface area contributed by atoms with E-state index >= 15 is 0 Å². The van der Waals surface area contributed by atoms with Crippen LogP contribution in [-0.4, -0.2) is 54.7 Å². The normalized spacial score (nSPS) is 27.7. The molecule has 1 aromatic carbocycles. The summed E-state index contributed by atoms with van der Waals surface area (Å²) < 4.78 is 25.9. The highest BCUT2D eigenvalue weighted by Gasteiger charge is 2.57. The number of unbranched alkanes of at least 4 members (excludes halogenated alkanes) is 2. The summed E-state index contributed by atoms with van der Waals surface area (Å²) >= 11 is 0. The minimum Gasteiger partial charge on any atom is -0.508 e. The van der Waals surface area contributed by atoms with Crippen molar-refractivity contribution in [1.82, 2.24) is 4.90 Å². The fraction of sp³-hybridized carbons (Fsp3) is 0.708. The summed E-state index contributed by atoms with van der Waals surface area (Å²) in [7, 11) is -1.43. The SMILES string of the molecule is CCCCCC(=O)CCC1(C)[C@@H]2Cc3ccc(O)cc3[C@@]1(C)CCN2C.CS(=O)(=O)O. The van der Waals surface area contributed by atoms with Gasteiger partial charge >= 0.3 is 0 Å². The van der Waals surface area contributed by atoms with Crippen LogP contribution in [0, 0.1) is 5.41 Å². The van der Waals surface area contributed by atoms with Crippen molar-refractivity contribution in [3.63, 3.8) is 0 Å². The quantitative estimate of drug-likeness (QED) is 0.471. The predicted molar refractivity (Wildman–Crippen MR) is 124 cm³/mol. The lowest BCUT2D eigenvalue weighted by atomic mass is 9.49. The molecular formula is C24H39NO5S. The van der Waals surface area contributed by atoms with E-state index < -0.39 is 10.1 Å². The van der Waals surface area contributed by atoms with E-state index in [0.29, 0.717) is 30.3 Å². The minimum atomic E-state index is -3.67. The van der Waals surface area contributed by atoms with E-state index in [0.717, 1.165) is 51.5 Å². The minimum absolute atomic E-state index is 0.0141. The molecule has 2 N–H and O–H groups in total. The molecule has 0 saturated carbocycles. The number of carbonyl (C=O) groups is 1. The number of ketones is 1.